The van der Waals surface area contributed by atoms with Crippen molar-refractivity contribution in [3.05, 3.63) is 34.6 Å². The van der Waals surface area contributed by atoms with E-state index in [9.17, 15) is 4.39 Å². The van der Waals surface area contributed by atoms with Gasteiger partial charge in [0, 0.05) is 11.6 Å². The molecule has 1 nitrogen and oxygen atoms in total. The topological polar surface area (TPSA) is 12.0 Å². The lowest BCUT2D eigenvalue weighted by atomic mass is 9.96. The number of benzene rings is 1. The SMILES string of the molecule is CNCC1(Cc2ccc(Cl)cc2F)CC1. The van der Waals surface area contributed by atoms with E-state index in [1.807, 2.05) is 7.05 Å². The maximum Gasteiger partial charge on any atom is 0.127 e. The molecule has 1 aromatic rings. The van der Waals surface area contributed by atoms with E-state index in [2.05, 4.69) is 5.32 Å². The summed E-state index contributed by atoms with van der Waals surface area (Å²) in [5, 5.41) is 3.64. The molecule has 1 N–H and O–H groups in total. The third-order valence-electron chi connectivity index (χ3n) is 3.09. The summed E-state index contributed by atoms with van der Waals surface area (Å²) in [6, 6.07) is 4.95. The van der Waals surface area contributed by atoms with Gasteiger partial charge in [-0.05, 0) is 49.4 Å². The third kappa shape index (κ3) is 2.50. The van der Waals surface area contributed by atoms with Gasteiger partial charge in [-0.25, -0.2) is 4.39 Å². The van der Waals surface area contributed by atoms with E-state index in [0.717, 1.165) is 18.5 Å². The van der Waals surface area contributed by atoms with Crippen LogP contribution < -0.4 is 5.32 Å². The van der Waals surface area contributed by atoms with Crippen LogP contribution in [-0.4, -0.2) is 13.6 Å². The summed E-state index contributed by atoms with van der Waals surface area (Å²) >= 11 is 5.71. The first-order chi connectivity index (χ1) is 7.15. The van der Waals surface area contributed by atoms with E-state index in [1.54, 1.807) is 12.1 Å². The van der Waals surface area contributed by atoms with Gasteiger partial charge in [-0.3, -0.25) is 0 Å². The van der Waals surface area contributed by atoms with Gasteiger partial charge < -0.3 is 5.32 Å². The highest BCUT2D eigenvalue weighted by molar-refractivity contribution is 6.30. The first-order valence-electron chi connectivity index (χ1n) is 5.24. The minimum Gasteiger partial charge on any atom is -0.319 e. The van der Waals surface area contributed by atoms with Crippen molar-refractivity contribution in [2.45, 2.75) is 19.3 Å². The Bertz CT molecular complexity index is 361. The Hall–Kier alpha value is -0.600. The van der Waals surface area contributed by atoms with Gasteiger partial charge in [-0.1, -0.05) is 17.7 Å². The van der Waals surface area contributed by atoms with Crippen molar-refractivity contribution < 1.29 is 4.39 Å². The second kappa shape index (κ2) is 4.11. The molecule has 0 saturated heterocycles. The van der Waals surface area contributed by atoms with E-state index in [0.29, 0.717) is 10.4 Å². The largest absolute Gasteiger partial charge is 0.319 e. The van der Waals surface area contributed by atoms with E-state index in [-0.39, 0.29) is 5.82 Å². The molecule has 0 unspecified atom stereocenters. The lowest BCUT2D eigenvalue weighted by Crippen LogP contribution is -2.22. The molecule has 3 heteroatoms. The Morgan fingerprint density at radius 1 is 1.47 bits per heavy atom. The highest BCUT2D eigenvalue weighted by Crippen LogP contribution is 2.48. The first-order valence-corrected chi connectivity index (χ1v) is 5.62. The molecule has 0 bridgehead atoms. The number of halogens is 2. The molecule has 1 saturated carbocycles. The molecule has 0 aromatic heterocycles. The molecule has 0 atom stereocenters. The van der Waals surface area contributed by atoms with Crippen molar-refractivity contribution >= 4 is 11.6 Å². The van der Waals surface area contributed by atoms with Crippen LogP contribution in [0, 0.1) is 11.2 Å². The van der Waals surface area contributed by atoms with Gasteiger partial charge in [0.05, 0.1) is 0 Å². The fourth-order valence-electron chi connectivity index (χ4n) is 2.04. The standard InChI is InChI=1S/C12H15ClFN/c1-15-8-12(4-5-12)7-9-2-3-10(13)6-11(9)14/h2-3,6,15H,4-5,7-8H2,1H3. The number of hydrogen-bond donors (Lipinski definition) is 1. The van der Waals surface area contributed by atoms with Crippen molar-refractivity contribution in [1.82, 2.24) is 5.32 Å². The highest BCUT2D eigenvalue weighted by atomic mass is 35.5. The van der Waals surface area contributed by atoms with Crippen LogP contribution in [0.25, 0.3) is 0 Å². The molecule has 1 aromatic carbocycles. The van der Waals surface area contributed by atoms with Crippen molar-refractivity contribution in [3.8, 4) is 0 Å². The van der Waals surface area contributed by atoms with Crippen LogP contribution in [0.15, 0.2) is 18.2 Å². The molecule has 2 rings (SSSR count). The van der Waals surface area contributed by atoms with Crippen LogP contribution in [0.3, 0.4) is 0 Å². The molecular weight excluding hydrogens is 213 g/mol. The average Bonchev–Trinajstić information content (AvgIpc) is 2.91. The van der Waals surface area contributed by atoms with Crippen molar-refractivity contribution in [1.29, 1.82) is 0 Å². The molecule has 0 heterocycles. The van der Waals surface area contributed by atoms with Crippen LogP contribution in [0.4, 0.5) is 4.39 Å². The summed E-state index contributed by atoms with van der Waals surface area (Å²) in [6.07, 6.45) is 3.20. The smallest absolute Gasteiger partial charge is 0.127 e. The summed E-state index contributed by atoms with van der Waals surface area (Å²) in [5.41, 5.74) is 1.08. The van der Waals surface area contributed by atoms with Gasteiger partial charge in [0.2, 0.25) is 0 Å². The Labute approximate surface area is 94.6 Å². The lowest BCUT2D eigenvalue weighted by molar-refractivity contribution is 0.465. The van der Waals surface area contributed by atoms with Gasteiger partial charge in [0.25, 0.3) is 0 Å². The first kappa shape index (κ1) is 10.9. The van der Waals surface area contributed by atoms with E-state index in [1.165, 1.54) is 18.9 Å². The molecule has 1 aliphatic carbocycles. The van der Waals surface area contributed by atoms with Gasteiger partial charge in [-0.15, -0.1) is 0 Å². The van der Waals surface area contributed by atoms with Gasteiger partial charge in [0.1, 0.15) is 5.82 Å². The number of nitrogens with one attached hydrogen (secondary N) is 1. The fourth-order valence-corrected chi connectivity index (χ4v) is 2.20. The summed E-state index contributed by atoms with van der Waals surface area (Å²) in [7, 11) is 1.94. The van der Waals surface area contributed by atoms with Crippen molar-refractivity contribution in [2.24, 2.45) is 5.41 Å². The summed E-state index contributed by atoms with van der Waals surface area (Å²) in [4.78, 5) is 0. The second-order valence-corrected chi connectivity index (χ2v) is 4.88. The summed E-state index contributed by atoms with van der Waals surface area (Å²) in [6.45, 7) is 0.967. The molecular formula is C12H15ClFN. The Balaban J connectivity index is 2.11. The zero-order chi connectivity index (χ0) is 10.9. The molecule has 0 radical (unpaired) electrons. The zero-order valence-corrected chi connectivity index (χ0v) is 9.57. The molecule has 82 valence electrons. The molecule has 15 heavy (non-hydrogen) atoms. The molecule has 1 fully saturated rings. The predicted molar refractivity (Wildman–Crippen MR) is 60.7 cm³/mol. The quantitative estimate of drug-likeness (QED) is 0.834. The molecule has 0 spiro atoms. The van der Waals surface area contributed by atoms with Gasteiger partial charge in [0.15, 0.2) is 0 Å². The number of rotatable bonds is 4. The van der Waals surface area contributed by atoms with Gasteiger partial charge in [-0.2, -0.15) is 0 Å². The van der Waals surface area contributed by atoms with Crippen LogP contribution in [0.2, 0.25) is 5.02 Å². The molecule has 0 aliphatic heterocycles. The van der Waals surface area contributed by atoms with Crippen LogP contribution in [0.1, 0.15) is 18.4 Å². The highest BCUT2D eigenvalue weighted by Gasteiger charge is 2.42. The lowest BCUT2D eigenvalue weighted by Gasteiger charge is -2.14. The minimum absolute atomic E-state index is 0.176. The number of hydrogen-bond acceptors (Lipinski definition) is 1. The Kier molecular flexibility index (Phi) is 2.98. The van der Waals surface area contributed by atoms with E-state index in [4.69, 9.17) is 11.6 Å². The molecule has 0 amide bonds. The van der Waals surface area contributed by atoms with E-state index < -0.39 is 0 Å². The predicted octanol–water partition coefficient (Wildman–Crippen LogP) is 3.02. The average molecular weight is 228 g/mol. The minimum atomic E-state index is -0.176. The van der Waals surface area contributed by atoms with Crippen LogP contribution >= 0.6 is 11.6 Å². The second-order valence-electron chi connectivity index (χ2n) is 4.44. The van der Waals surface area contributed by atoms with Crippen molar-refractivity contribution in [2.75, 3.05) is 13.6 Å². The van der Waals surface area contributed by atoms with E-state index >= 15 is 0 Å². The maximum atomic E-state index is 13.5. The van der Waals surface area contributed by atoms with Crippen molar-refractivity contribution in [3.63, 3.8) is 0 Å². The third-order valence-corrected chi connectivity index (χ3v) is 3.32. The Morgan fingerprint density at radius 2 is 2.20 bits per heavy atom. The molecule has 1 aliphatic rings. The summed E-state index contributed by atoms with van der Waals surface area (Å²) in [5.74, 6) is -0.176. The zero-order valence-electron chi connectivity index (χ0n) is 8.82. The fraction of sp³-hybridized carbons (Fsp3) is 0.500. The Morgan fingerprint density at radius 3 is 2.73 bits per heavy atom. The monoisotopic (exact) mass is 227 g/mol. The normalized spacial score (nSPS) is 17.8. The maximum absolute atomic E-state index is 13.5. The summed E-state index contributed by atoms with van der Waals surface area (Å²) < 4.78 is 13.5. The van der Waals surface area contributed by atoms with Gasteiger partial charge >= 0.3 is 0 Å². The van der Waals surface area contributed by atoms with Crippen LogP contribution in [0.5, 0.6) is 0 Å². The van der Waals surface area contributed by atoms with Crippen LogP contribution in [-0.2, 0) is 6.42 Å².